The summed E-state index contributed by atoms with van der Waals surface area (Å²) in [5.41, 5.74) is 1.47. The van der Waals surface area contributed by atoms with Crippen LogP contribution in [-0.4, -0.2) is 51.1 Å². The number of anilines is 1. The number of carbonyl (C=O) groups excluding carboxylic acids is 2. The predicted molar refractivity (Wildman–Crippen MR) is 97.3 cm³/mol. The molecule has 0 fully saturated rings. The molecule has 0 amide bonds. The van der Waals surface area contributed by atoms with Gasteiger partial charge in [0.25, 0.3) is 0 Å². The first-order valence-corrected chi connectivity index (χ1v) is 8.38. The lowest BCUT2D eigenvalue weighted by molar-refractivity contribution is -0.140. The van der Waals surface area contributed by atoms with Crippen LogP contribution in [0.2, 0.25) is 0 Å². The molecule has 27 heavy (non-hydrogen) atoms. The van der Waals surface area contributed by atoms with E-state index in [1.165, 1.54) is 14.2 Å². The van der Waals surface area contributed by atoms with E-state index in [9.17, 15) is 9.59 Å². The Kier molecular flexibility index (Phi) is 5.56. The zero-order valence-electron chi connectivity index (χ0n) is 15.4. The topological polar surface area (TPSA) is 87.2 Å². The third-order valence-electron chi connectivity index (χ3n) is 4.13. The predicted octanol–water partition coefficient (Wildman–Crippen LogP) is 2.03. The Morgan fingerprint density at radius 3 is 2.67 bits per heavy atom. The lowest BCUT2D eigenvalue weighted by Crippen LogP contribution is -2.38. The highest BCUT2D eigenvalue weighted by Gasteiger charge is 2.33. The van der Waals surface area contributed by atoms with Crippen LogP contribution in [0.5, 0.6) is 5.75 Å². The summed E-state index contributed by atoms with van der Waals surface area (Å²) >= 11 is 0. The van der Waals surface area contributed by atoms with Crippen LogP contribution in [0, 0.1) is 0 Å². The van der Waals surface area contributed by atoms with Gasteiger partial charge in [-0.1, -0.05) is 0 Å². The molecule has 8 heteroatoms. The summed E-state index contributed by atoms with van der Waals surface area (Å²) < 4.78 is 20.9. The molecular formula is C19H20N2O6. The summed E-state index contributed by atoms with van der Waals surface area (Å²) in [5, 5.41) is 0.750. The molecule has 0 aliphatic carbocycles. The van der Waals surface area contributed by atoms with Crippen LogP contribution in [0.15, 0.2) is 41.7 Å². The molecule has 0 saturated carbocycles. The van der Waals surface area contributed by atoms with Crippen LogP contribution in [0.4, 0.5) is 5.69 Å². The fourth-order valence-corrected chi connectivity index (χ4v) is 2.97. The van der Waals surface area contributed by atoms with E-state index in [4.69, 9.17) is 18.9 Å². The second-order valence-electron chi connectivity index (χ2n) is 5.63. The highest BCUT2D eigenvalue weighted by Crippen LogP contribution is 2.36. The number of rotatable bonds is 5. The molecule has 0 bridgehead atoms. The molecule has 1 aliphatic heterocycles. The number of nitrogens with zero attached hydrogens (tertiary/aromatic N) is 2. The molecule has 0 N–H and O–H groups in total. The Hall–Kier alpha value is -3.13. The van der Waals surface area contributed by atoms with Gasteiger partial charge in [0.1, 0.15) is 23.7 Å². The van der Waals surface area contributed by atoms with Gasteiger partial charge in [-0.05, 0) is 31.2 Å². The zero-order chi connectivity index (χ0) is 19.4. The Bertz CT molecular complexity index is 908. The first-order chi connectivity index (χ1) is 13.1. The van der Waals surface area contributed by atoms with Crippen molar-refractivity contribution in [1.82, 2.24) is 4.98 Å². The van der Waals surface area contributed by atoms with Crippen molar-refractivity contribution in [2.75, 3.05) is 39.1 Å². The van der Waals surface area contributed by atoms with Gasteiger partial charge in [0.15, 0.2) is 0 Å². The summed E-state index contributed by atoms with van der Waals surface area (Å²) in [6.07, 6.45) is 1.66. The molecular weight excluding hydrogens is 352 g/mol. The van der Waals surface area contributed by atoms with E-state index in [-0.39, 0.29) is 24.6 Å². The lowest BCUT2D eigenvalue weighted by Gasteiger charge is -2.32. The molecule has 3 rings (SSSR count). The van der Waals surface area contributed by atoms with E-state index >= 15 is 0 Å². The third kappa shape index (κ3) is 3.43. The number of aromatic nitrogens is 1. The van der Waals surface area contributed by atoms with Crippen molar-refractivity contribution < 1.29 is 28.5 Å². The lowest BCUT2D eigenvalue weighted by atomic mass is 10.1. The summed E-state index contributed by atoms with van der Waals surface area (Å²) in [7, 11) is 2.51. The minimum Gasteiger partial charge on any atom is -0.492 e. The van der Waals surface area contributed by atoms with Gasteiger partial charge in [0.2, 0.25) is 0 Å². The molecule has 0 spiro atoms. The Balaban J connectivity index is 2.21. The average Bonchev–Trinajstić information content (AvgIpc) is 2.72. The molecule has 142 valence electrons. The number of methoxy groups -OCH3 is 2. The van der Waals surface area contributed by atoms with Crippen LogP contribution in [0.25, 0.3) is 10.9 Å². The highest BCUT2D eigenvalue weighted by molar-refractivity contribution is 6.06. The Morgan fingerprint density at radius 2 is 1.96 bits per heavy atom. The van der Waals surface area contributed by atoms with Gasteiger partial charge >= 0.3 is 11.9 Å². The van der Waals surface area contributed by atoms with Gasteiger partial charge in [-0.3, -0.25) is 4.98 Å². The number of fused-ring (bicyclic) bond motifs is 1. The average molecular weight is 372 g/mol. The van der Waals surface area contributed by atoms with Crippen molar-refractivity contribution in [2.45, 2.75) is 6.92 Å². The SMILES string of the molecule is CCOc1ccc(N2COCC(C(=O)OC)=C2C(=O)OC)c2cccnc12. The van der Waals surface area contributed by atoms with E-state index in [0.717, 1.165) is 5.39 Å². The monoisotopic (exact) mass is 372 g/mol. The Labute approximate surface area is 156 Å². The van der Waals surface area contributed by atoms with Gasteiger partial charge in [-0.25, -0.2) is 9.59 Å². The maximum atomic E-state index is 12.5. The van der Waals surface area contributed by atoms with Crippen molar-refractivity contribution in [3.05, 3.63) is 41.7 Å². The molecule has 2 heterocycles. The molecule has 0 radical (unpaired) electrons. The van der Waals surface area contributed by atoms with Crippen molar-refractivity contribution in [3.63, 3.8) is 0 Å². The molecule has 0 unspecified atom stereocenters. The second-order valence-corrected chi connectivity index (χ2v) is 5.63. The molecule has 1 aliphatic rings. The number of hydrogen-bond donors (Lipinski definition) is 0. The fraction of sp³-hybridized carbons (Fsp3) is 0.316. The molecule has 1 aromatic carbocycles. The van der Waals surface area contributed by atoms with Crippen molar-refractivity contribution in [1.29, 1.82) is 0 Å². The second kappa shape index (κ2) is 8.05. The minimum atomic E-state index is -0.648. The minimum absolute atomic E-state index is 0.0409. The van der Waals surface area contributed by atoms with E-state index in [1.807, 2.05) is 13.0 Å². The van der Waals surface area contributed by atoms with Crippen LogP contribution < -0.4 is 9.64 Å². The first-order valence-electron chi connectivity index (χ1n) is 8.38. The van der Waals surface area contributed by atoms with E-state index < -0.39 is 11.9 Å². The summed E-state index contributed by atoms with van der Waals surface area (Å²) in [4.78, 5) is 30.6. The van der Waals surface area contributed by atoms with Gasteiger partial charge < -0.3 is 23.8 Å². The van der Waals surface area contributed by atoms with E-state index in [2.05, 4.69) is 4.98 Å². The normalized spacial score (nSPS) is 14.3. The standard InChI is InChI=1S/C19H20N2O6/c1-4-27-15-8-7-14(12-6-5-9-20-16(12)15)21-11-26-10-13(18(22)24-2)17(21)19(23)25-3/h5-9H,4,10-11H2,1-3H3. The van der Waals surface area contributed by atoms with Gasteiger partial charge in [-0.15, -0.1) is 0 Å². The van der Waals surface area contributed by atoms with Gasteiger partial charge in [0, 0.05) is 11.6 Å². The number of carbonyl (C=O) groups is 2. The Morgan fingerprint density at radius 1 is 1.19 bits per heavy atom. The number of benzene rings is 1. The van der Waals surface area contributed by atoms with Crippen LogP contribution in [-0.2, 0) is 23.8 Å². The highest BCUT2D eigenvalue weighted by atomic mass is 16.5. The zero-order valence-corrected chi connectivity index (χ0v) is 15.4. The number of ether oxygens (including phenoxy) is 4. The third-order valence-corrected chi connectivity index (χ3v) is 4.13. The number of hydrogen-bond acceptors (Lipinski definition) is 8. The van der Waals surface area contributed by atoms with E-state index in [1.54, 1.807) is 29.3 Å². The summed E-state index contributed by atoms with van der Waals surface area (Å²) in [6.45, 7) is 2.42. The molecule has 8 nitrogen and oxygen atoms in total. The fourth-order valence-electron chi connectivity index (χ4n) is 2.97. The van der Waals surface area contributed by atoms with Crippen LogP contribution in [0.1, 0.15) is 6.92 Å². The van der Waals surface area contributed by atoms with Crippen LogP contribution in [0.3, 0.4) is 0 Å². The largest absolute Gasteiger partial charge is 0.492 e. The maximum absolute atomic E-state index is 12.5. The van der Waals surface area contributed by atoms with Gasteiger partial charge in [0.05, 0.1) is 38.7 Å². The van der Waals surface area contributed by atoms with Gasteiger partial charge in [-0.2, -0.15) is 0 Å². The quantitative estimate of drug-likeness (QED) is 0.737. The number of esters is 2. The summed E-state index contributed by atoms with van der Waals surface area (Å²) in [6, 6.07) is 7.22. The molecule has 0 atom stereocenters. The van der Waals surface area contributed by atoms with Crippen molar-refractivity contribution in [3.8, 4) is 5.75 Å². The van der Waals surface area contributed by atoms with Crippen molar-refractivity contribution in [2.24, 2.45) is 0 Å². The first kappa shape index (κ1) is 18.7. The number of pyridine rings is 1. The van der Waals surface area contributed by atoms with Crippen molar-refractivity contribution >= 4 is 28.5 Å². The van der Waals surface area contributed by atoms with Crippen LogP contribution >= 0.6 is 0 Å². The van der Waals surface area contributed by atoms with E-state index in [0.29, 0.717) is 23.6 Å². The molecule has 0 saturated heterocycles. The maximum Gasteiger partial charge on any atom is 0.355 e. The summed E-state index contributed by atoms with van der Waals surface area (Å²) in [5.74, 6) is -0.662. The molecule has 1 aromatic heterocycles. The molecule has 2 aromatic rings. The smallest absolute Gasteiger partial charge is 0.355 e.